The number of rotatable bonds is 7. The first kappa shape index (κ1) is 22.2. The van der Waals surface area contributed by atoms with E-state index in [1.807, 2.05) is 30.3 Å². The summed E-state index contributed by atoms with van der Waals surface area (Å²) in [5.41, 5.74) is 7.45. The van der Waals surface area contributed by atoms with Crippen molar-refractivity contribution in [3.63, 3.8) is 0 Å². The van der Waals surface area contributed by atoms with Crippen molar-refractivity contribution in [2.75, 3.05) is 31.3 Å². The average molecular weight is 441 g/mol. The molecule has 0 atom stereocenters. The van der Waals surface area contributed by atoms with E-state index in [9.17, 15) is 4.79 Å². The number of nitrogen functional groups attached to an aromatic ring is 1. The van der Waals surface area contributed by atoms with Gasteiger partial charge in [-0.15, -0.1) is 0 Å². The van der Waals surface area contributed by atoms with Crippen molar-refractivity contribution in [2.45, 2.75) is 6.42 Å². The highest BCUT2D eigenvalue weighted by Gasteiger charge is 2.22. The molecule has 6 nitrogen and oxygen atoms in total. The highest BCUT2D eigenvalue weighted by Crippen LogP contribution is 2.34. The average Bonchev–Trinajstić information content (AvgIpc) is 2.73. The Bertz CT molecular complexity index is 1120. The molecule has 2 N–H and O–H groups in total. The van der Waals surface area contributed by atoms with Crippen molar-refractivity contribution < 1.29 is 13.9 Å². The minimum Gasteiger partial charge on any atom is -0.461 e. The molecule has 0 unspecified atom stereocenters. The molecule has 0 saturated heterocycles. The number of hydrogen-bond acceptors (Lipinski definition) is 6. The number of ether oxygens (including phenoxy) is 1. The van der Waals surface area contributed by atoms with Crippen LogP contribution in [0.4, 0.5) is 15.9 Å². The third-order valence-corrected chi connectivity index (χ3v) is 4.90. The molecule has 1 aromatic heterocycles. The van der Waals surface area contributed by atoms with Gasteiger partial charge in [0.15, 0.2) is 17.3 Å². The van der Waals surface area contributed by atoms with Crippen LogP contribution in [0.2, 0.25) is 5.02 Å². The van der Waals surface area contributed by atoms with E-state index in [2.05, 4.69) is 16.5 Å². The standard InChI is InChI=1S/C23H22ClFN4O2/c1-4-15-19(23(30)31-13-12-14-8-6-5-7-9-14)27-22(28-21(15)26)16-10-11-17(24)20(18(16)25)29(2)3/h4-11H,1,12-13H2,2-3H3,(H2,26,27,28). The summed E-state index contributed by atoms with van der Waals surface area (Å²) in [6.07, 6.45) is 1.91. The van der Waals surface area contributed by atoms with Crippen molar-refractivity contribution in [3.8, 4) is 11.4 Å². The lowest BCUT2D eigenvalue weighted by molar-refractivity contribution is 0.0502. The quantitative estimate of drug-likeness (QED) is 0.539. The van der Waals surface area contributed by atoms with Crippen LogP contribution in [0, 0.1) is 5.82 Å². The zero-order valence-corrected chi connectivity index (χ0v) is 18.0. The second kappa shape index (κ2) is 9.57. The number of aromatic nitrogens is 2. The van der Waals surface area contributed by atoms with Crippen molar-refractivity contribution in [3.05, 3.63) is 76.7 Å². The van der Waals surface area contributed by atoms with Crippen LogP contribution >= 0.6 is 11.6 Å². The van der Waals surface area contributed by atoms with Crippen LogP contribution in [-0.2, 0) is 11.2 Å². The molecule has 0 aliphatic carbocycles. The zero-order chi connectivity index (χ0) is 22.5. The minimum atomic E-state index is -0.691. The van der Waals surface area contributed by atoms with Crippen molar-refractivity contribution >= 4 is 35.2 Å². The lowest BCUT2D eigenvalue weighted by atomic mass is 10.1. The number of nitrogens with two attached hydrogens (primary N) is 1. The lowest BCUT2D eigenvalue weighted by Gasteiger charge is -2.17. The van der Waals surface area contributed by atoms with E-state index < -0.39 is 11.8 Å². The number of carbonyl (C=O) groups is 1. The van der Waals surface area contributed by atoms with Gasteiger partial charge in [0.25, 0.3) is 0 Å². The van der Waals surface area contributed by atoms with E-state index in [1.54, 1.807) is 19.0 Å². The van der Waals surface area contributed by atoms with Crippen LogP contribution < -0.4 is 10.6 Å². The lowest BCUT2D eigenvalue weighted by Crippen LogP contribution is -2.16. The molecule has 3 aromatic rings. The molecule has 8 heteroatoms. The summed E-state index contributed by atoms with van der Waals surface area (Å²) in [5, 5.41) is 0.238. The molecule has 2 aromatic carbocycles. The van der Waals surface area contributed by atoms with Crippen LogP contribution in [0.25, 0.3) is 17.5 Å². The maximum absolute atomic E-state index is 15.1. The van der Waals surface area contributed by atoms with E-state index in [1.165, 1.54) is 18.2 Å². The summed E-state index contributed by atoms with van der Waals surface area (Å²) in [6.45, 7) is 3.82. The molecule has 0 bridgehead atoms. The smallest absolute Gasteiger partial charge is 0.357 e. The van der Waals surface area contributed by atoms with Crippen molar-refractivity contribution in [2.24, 2.45) is 0 Å². The SMILES string of the molecule is C=Cc1c(N)nc(-c2ccc(Cl)c(N(C)C)c2F)nc1C(=O)OCCc1ccccc1. The maximum atomic E-state index is 15.1. The Hall–Kier alpha value is -3.45. The normalized spacial score (nSPS) is 10.6. The molecule has 160 valence electrons. The fourth-order valence-electron chi connectivity index (χ4n) is 3.06. The third kappa shape index (κ3) is 4.83. The maximum Gasteiger partial charge on any atom is 0.357 e. The Labute approximate surface area is 185 Å². The Kier molecular flexibility index (Phi) is 6.87. The summed E-state index contributed by atoms with van der Waals surface area (Å²) in [5.74, 6) is -1.36. The highest BCUT2D eigenvalue weighted by atomic mass is 35.5. The first-order chi connectivity index (χ1) is 14.8. The topological polar surface area (TPSA) is 81.3 Å². The number of benzene rings is 2. The number of nitrogens with zero attached hydrogens (tertiary/aromatic N) is 3. The van der Waals surface area contributed by atoms with Gasteiger partial charge in [-0.05, 0) is 17.7 Å². The Balaban J connectivity index is 1.94. The molecule has 0 spiro atoms. The predicted molar refractivity (Wildman–Crippen MR) is 122 cm³/mol. The van der Waals surface area contributed by atoms with Gasteiger partial charge in [-0.1, -0.05) is 54.6 Å². The summed E-state index contributed by atoms with van der Waals surface area (Å²) >= 11 is 6.12. The Morgan fingerprint density at radius 3 is 2.58 bits per heavy atom. The summed E-state index contributed by atoms with van der Waals surface area (Å²) in [7, 11) is 3.33. The molecule has 31 heavy (non-hydrogen) atoms. The third-order valence-electron chi connectivity index (χ3n) is 4.59. The van der Waals surface area contributed by atoms with Gasteiger partial charge in [0, 0.05) is 26.1 Å². The number of carbonyl (C=O) groups excluding carboxylic acids is 1. The number of hydrogen-bond donors (Lipinski definition) is 1. The van der Waals surface area contributed by atoms with Gasteiger partial charge in [-0.2, -0.15) is 0 Å². The van der Waals surface area contributed by atoms with E-state index in [4.69, 9.17) is 22.1 Å². The monoisotopic (exact) mass is 440 g/mol. The van der Waals surface area contributed by atoms with E-state index in [0.717, 1.165) is 5.56 Å². The van der Waals surface area contributed by atoms with Crippen molar-refractivity contribution in [1.29, 1.82) is 0 Å². The largest absolute Gasteiger partial charge is 0.461 e. The molecule has 0 aliphatic heterocycles. The van der Waals surface area contributed by atoms with E-state index in [-0.39, 0.29) is 45.8 Å². The van der Waals surface area contributed by atoms with Crippen LogP contribution in [-0.4, -0.2) is 36.6 Å². The molecule has 0 saturated carbocycles. The number of anilines is 2. The summed E-state index contributed by atoms with van der Waals surface area (Å²) in [4.78, 5) is 22.7. The van der Waals surface area contributed by atoms with Gasteiger partial charge in [0.2, 0.25) is 0 Å². The Morgan fingerprint density at radius 1 is 1.23 bits per heavy atom. The predicted octanol–water partition coefficient (Wildman–Crippen LogP) is 4.63. The number of halogens is 2. The van der Waals surface area contributed by atoms with Crippen molar-refractivity contribution in [1.82, 2.24) is 9.97 Å². The fourth-order valence-corrected chi connectivity index (χ4v) is 3.38. The molecule has 0 aliphatic rings. The van der Waals surface area contributed by atoms with Crippen LogP contribution in [0.3, 0.4) is 0 Å². The second-order valence-corrected chi connectivity index (χ2v) is 7.33. The fraction of sp³-hybridized carbons (Fsp3) is 0.174. The molecule has 3 rings (SSSR count). The van der Waals surface area contributed by atoms with Gasteiger partial charge < -0.3 is 15.4 Å². The highest BCUT2D eigenvalue weighted by molar-refractivity contribution is 6.33. The first-order valence-corrected chi connectivity index (χ1v) is 9.88. The van der Waals surface area contributed by atoms with E-state index in [0.29, 0.717) is 6.42 Å². The number of esters is 1. The van der Waals surface area contributed by atoms with Gasteiger partial charge in [-0.3, -0.25) is 0 Å². The van der Waals surface area contributed by atoms with Crippen LogP contribution in [0.15, 0.2) is 49.0 Å². The van der Waals surface area contributed by atoms with Gasteiger partial charge >= 0.3 is 5.97 Å². The zero-order valence-electron chi connectivity index (χ0n) is 17.2. The van der Waals surface area contributed by atoms with Gasteiger partial charge in [0.05, 0.1) is 22.9 Å². The van der Waals surface area contributed by atoms with Crippen LogP contribution in [0.1, 0.15) is 21.6 Å². The second-order valence-electron chi connectivity index (χ2n) is 6.92. The summed E-state index contributed by atoms with van der Waals surface area (Å²) in [6, 6.07) is 12.6. The molecular weight excluding hydrogens is 419 g/mol. The molecule has 0 fully saturated rings. The Morgan fingerprint density at radius 2 is 1.94 bits per heavy atom. The minimum absolute atomic E-state index is 0.00392. The first-order valence-electron chi connectivity index (χ1n) is 9.50. The van der Waals surface area contributed by atoms with E-state index >= 15 is 4.39 Å². The summed E-state index contributed by atoms with van der Waals surface area (Å²) < 4.78 is 20.5. The molecule has 0 radical (unpaired) electrons. The molecule has 0 amide bonds. The van der Waals surface area contributed by atoms with Gasteiger partial charge in [0.1, 0.15) is 5.82 Å². The molecular formula is C23H22ClFN4O2. The molecule has 1 heterocycles. The van der Waals surface area contributed by atoms with Crippen LogP contribution in [0.5, 0.6) is 0 Å². The van der Waals surface area contributed by atoms with Gasteiger partial charge in [-0.25, -0.2) is 19.2 Å².